The number of aliphatic imine (C=N–C) groups is 1. The minimum atomic E-state index is -4.36. The van der Waals surface area contributed by atoms with Crippen LogP contribution in [0.25, 0.3) is 0 Å². The number of carbonyl (C=O) groups excluding carboxylic acids is 1. The van der Waals surface area contributed by atoms with E-state index in [9.17, 15) is 18.0 Å². The molecule has 0 aliphatic rings. The van der Waals surface area contributed by atoms with Gasteiger partial charge >= 0.3 is 6.18 Å². The highest BCUT2D eigenvalue weighted by Crippen LogP contribution is 2.29. The van der Waals surface area contributed by atoms with Gasteiger partial charge < -0.3 is 15.5 Å². The minimum Gasteiger partial charge on any atom is -0.356 e. The van der Waals surface area contributed by atoms with Crippen molar-refractivity contribution in [1.82, 2.24) is 15.5 Å². The second-order valence-corrected chi connectivity index (χ2v) is 6.70. The van der Waals surface area contributed by atoms with Crippen molar-refractivity contribution >= 4 is 11.9 Å². The van der Waals surface area contributed by atoms with Crippen molar-refractivity contribution in [2.24, 2.45) is 4.99 Å². The zero-order chi connectivity index (χ0) is 21.4. The molecule has 0 aliphatic heterocycles. The van der Waals surface area contributed by atoms with E-state index in [2.05, 4.69) is 15.6 Å². The zero-order valence-corrected chi connectivity index (χ0v) is 16.7. The van der Waals surface area contributed by atoms with E-state index < -0.39 is 11.7 Å². The molecule has 0 aliphatic carbocycles. The molecule has 0 spiro atoms. The molecule has 0 radical (unpaired) electrons. The van der Waals surface area contributed by atoms with Crippen LogP contribution in [-0.4, -0.2) is 44.5 Å². The van der Waals surface area contributed by atoms with Gasteiger partial charge in [-0.05, 0) is 41.8 Å². The average Bonchev–Trinajstić information content (AvgIpc) is 2.69. The lowest BCUT2D eigenvalue weighted by Gasteiger charge is -2.14. The van der Waals surface area contributed by atoms with Crippen LogP contribution in [0, 0.1) is 0 Å². The summed E-state index contributed by atoms with van der Waals surface area (Å²) in [6.45, 7) is 0.776. The monoisotopic (exact) mass is 406 g/mol. The van der Waals surface area contributed by atoms with E-state index in [0.29, 0.717) is 30.1 Å². The molecule has 8 heteroatoms. The summed E-state index contributed by atoms with van der Waals surface area (Å²) in [5, 5.41) is 6.13. The molecule has 0 bridgehead atoms. The van der Waals surface area contributed by atoms with Crippen LogP contribution in [0.5, 0.6) is 0 Å². The molecule has 0 unspecified atom stereocenters. The molecule has 2 aromatic carbocycles. The van der Waals surface area contributed by atoms with Crippen LogP contribution in [0.2, 0.25) is 0 Å². The van der Waals surface area contributed by atoms with Crippen molar-refractivity contribution in [3.05, 3.63) is 70.8 Å². The van der Waals surface area contributed by atoms with Gasteiger partial charge in [-0.15, -0.1) is 0 Å². The van der Waals surface area contributed by atoms with Gasteiger partial charge in [-0.1, -0.05) is 24.3 Å². The smallest absolute Gasteiger partial charge is 0.356 e. The molecule has 0 aromatic heterocycles. The predicted molar refractivity (Wildman–Crippen MR) is 108 cm³/mol. The molecule has 0 atom stereocenters. The Bertz CT molecular complexity index is 863. The first kappa shape index (κ1) is 22.3. The van der Waals surface area contributed by atoms with Gasteiger partial charge in [0.15, 0.2) is 5.96 Å². The number of amides is 1. The van der Waals surface area contributed by atoms with Crippen molar-refractivity contribution in [3.8, 4) is 0 Å². The fourth-order valence-electron chi connectivity index (χ4n) is 2.71. The van der Waals surface area contributed by atoms with Crippen LogP contribution in [0.15, 0.2) is 53.5 Å². The second-order valence-electron chi connectivity index (χ2n) is 6.70. The van der Waals surface area contributed by atoms with Crippen LogP contribution < -0.4 is 10.6 Å². The minimum absolute atomic E-state index is 0.0571. The van der Waals surface area contributed by atoms with Gasteiger partial charge in [0, 0.05) is 39.8 Å². The summed E-state index contributed by atoms with van der Waals surface area (Å²) in [6.07, 6.45) is -3.70. The summed E-state index contributed by atoms with van der Waals surface area (Å²) < 4.78 is 38.4. The molecule has 2 rings (SSSR count). The summed E-state index contributed by atoms with van der Waals surface area (Å²) >= 11 is 0. The van der Waals surface area contributed by atoms with Gasteiger partial charge in [-0.2, -0.15) is 13.2 Å². The van der Waals surface area contributed by atoms with Crippen molar-refractivity contribution in [3.63, 3.8) is 0 Å². The molecule has 2 N–H and O–H groups in total. The van der Waals surface area contributed by atoms with E-state index in [1.807, 2.05) is 18.2 Å². The number of guanidine groups is 1. The van der Waals surface area contributed by atoms with Crippen molar-refractivity contribution in [1.29, 1.82) is 0 Å². The Balaban J connectivity index is 1.87. The first-order chi connectivity index (χ1) is 13.7. The molecule has 5 nitrogen and oxygen atoms in total. The summed E-state index contributed by atoms with van der Waals surface area (Å²) in [6, 6.07) is 12.6. The number of benzene rings is 2. The Labute approximate surface area is 168 Å². The third-order valence-electron chi connectivity index (χ3n) is 4.22. The van der Waals surface area contributed by atoms with E-state index >= 15 is 0 Å². The highest BCUT2D eigenvalue weighted by atomic mass is 19.4. The second kappa shape index (κ2) is 9.95. The average molecular weight is 406 g/mol. The lowest BCUT2D eigenvalue weighted by atomic mass is 10.1. The van der Waals surface area contributed by atoms with Gasteiger partial charge in [0.25, 0.3) is 5.91 Å². The topological polar surface area (TPSA) is 56.7 Å². The highest BCUT2D eigenvalue weighted by molar-refractivity contribution is 5.94. The van der Waals surface area contributed by atoms with E-state index in [0.717, 1.165) is 17.7 Å². The van der Waals surface area contributed by atoms with Crippen LogP contribution in [0.4, 0.5) is 13.2 Å². The Morgan fingerprint density at radius 1 is 1.03 bits per heavy atom. The number of hydrogen-bond donors (Lipinski definition) is 2. The third-order valence-corrected chi connectivity index (χ3v) is 4.22. The number of rotatable bonds is 6. The Morgan fingerprint density at radius 2 is 1.72 bits per heavy atom. The molecule has 2 aromatic rings. The van der Waals surface area contributed by atoms with E-state index in [-0.39, 0.29) is 12.5 Å². The molecular weight excluding hydrogens is 381 g/mol. The van der Waals surface area contributed by atoms with Gasteiger partial charge in [0.1, 0.15) is 0 Å². The molecule has 0 fully saturated rings. The van der Waals surface area contributed by atoms with E-state index in [1.165, 1.54) is 11.0 Å². The largest absolute Gasteiger partial charge is 0.416 e. The normalized spacial score (nSPS) is 11.9. The van der Waals surface area contributed by atoms with Crippen LogP contribution in [0.3, 0.4) is 0 Å². The van der Waals surface area contributed by atoms with Gasteiger partial charge in [0.2, 0.25) is 0 Å². The summed E-state index contributed by atoms with van der Waals surface area (Å²) in [5.74, 6) is 0.432. The number of hydrogen-bond acceptors (Lipinski definition) is 2. The van der Waals surface area contributed by atoms with Gasteiger partial charge in [-0.25, -0.2) is 0 Å². The predicted octanol–water partition coefficient (Wildman–Crippen LogP) is 3.31. The molecule has 1 amide bonds. The molecule has 0 saturated carbocycles. The van der Waals surface area contributed by atoms with Crippen LogP contribution >= 0.6 is 0 Å². The SMILES string of the molecule is CN=C(NCCc1cccc(C(=O)N(C)C)c1)NCc1cccc(C(F)(F)F)c1. The van der Waals surface area contributed by atoms with Crippen molar-refractivity contribution in [2.75, 3.05) is 27.7 Å². The van der Waals surface area contributed by atoms with E-state index in [4.69, 9.17) is 0 Å². The molecule has 0 saturated heterocycles. The fourth-order valence-corrected chi connectivity index (χ4v) is 2.71. The number of alkyl halides is 3. The number of halogens is 3. The lowest BCUT2D eigenvalue weighted by molar-refractivity contribution is -0.137. The first-order valence-corrected chi connectivity index (χ1v) is 9.12. The Hall–Kier alpha value is -3.03. The third kappa shape index (κ3) is 6.81. The molecule has 0 heterocycles. The maximum Gasteiger partial charge on any atom is 0.416 e. The van der Waals surface area contributed by atoms with E-state index in [1.54, 1.807) is 33.3 Å². The maximum absolute atomic E-state index is 12.8. The summed E-state index contributed by atoms with van der Waals surface area (Å²) in [5.41, 5.74) is 1.46. The Morgan fingerprint density at radius 3 is 2.38 bits per heavy atom. The quantitative estimate of drug-likeness (QED) is 0.572. The fraction of sp³-hybridized carbons (Fsp3) is 0.333. The highest BCUT2D eigenvalue weighted by Gasteiger charge is 2.30. The number of nitrogens with zero attached hydrogens (tertiary/aromatic N) is 2. The summed E-state index contributed by atoms with van der Waals surface area (Å²) in [7, 11) is 5.01. The van der Waals surface area contributed by atoms with Crippen molar-refractivity contribution in [2.45, 2.75) is 19.1 Å². The van der Waals surface area contributed by atoms with Gasteiger partial charge in [0.05, 0.1) is 5.56 Å². The zero-order valence-electron chi connectivity index (χ0n) is 16.7. The molecule has 156 valence electrons. The number of carbonyl (C=O) groups is 1. The maximum atomic E-state index is 12.8. The Kier molecular flexibility index (Phi) is 7.64. The standard InChI is InChI=1S/C21H25F3N4O/c1-25-20(27-14-16-7-5-9-18(13-16)21(22,23)24)26-11-10-15-6-4-8-17(12-15)19(29)28(2)3/h4-9,12-13H,10-11,14H2,1-3H3,(H2,25,26,27). The van der Waals surface area contributed by atoms with Crippen LogP contribution in [0.1, 0.15) is 27.0 Å². The molecule has 29 heavy (non-hydrogen) atoms. The first-order valence-electron chi connectivity index (χ1n) is 9.12. The van der Waals surface area contributed by atoms with Gasteiger partial charge in [-0.3, -0.25) is 9.79 Å². The lowest BCUT2D eigenvalue weighted by Crippen LogP contribution is -2.37. The summed E-state index contributed by atoms with van der Waals surface area (Å²) in [4.78, 5) is 17.7. The van der Waals surface area contributed by atoms with Crippen LogP contribution in [-0.2, 0) is 19.1 Å². The number of nitrogens with one attached hydrogen (secondary N) is 2. The molecular formula is C21H25F3N4O. The van der Waals surface area contributed by atoms with Crippen molar-refractivity contribution < 1.29 is 18.0 Å².